The molecule has 2 aromatic rings. The molecule has 1 heterocycles. The van der Waals surface area contributed by atoms with Crippen LogP contribution >= 0.6 is 0 Å². The van der Waals surface area contributed by atoms with Crippen molar-refractivity contribution in [2.45, 2.75) is 18.7 Å². The van der Waals surface area contributed by atoms with Crippen molar-refractivity contribution in [2.75, 3.05) is 45.3 Å². The van der Waals surface area contributed by atoms with E-state index in [9.17, 15) is 8.42 Å². The summed E-state index contributed by atoms with van der Waals surface area (Å²) in [6.45, 7) is 5.99. The van der Waals surface area contributed by atoms with Crippen molar-refractivity contribution in [3.05, 3.63) is 47.5 Å². The van der Waals surface area contributed by atoms with Gasteiger partial charge in [-0.2, -0.15) is 4.31 Å². The number of rotatable bonds is 5. The first-order valence-corrected chi connectivity index (χ1v) is 10.3. The lowest BCUT2D eigenvalue weighted by molar-refractivity contribution is 0.375. The van der Waals surface area contributed by atoms with Gasteiger partial charge in [0, 0.05) is 32.2 Å². The smallest absolute Gasteiger partial charge is 0.243 e. The average Bonchev–Trinajstić information content (AvgIpc) is 2.69. The van der Waals surface area contributed by atoms with Crippen molar-refractivity contribution in [1.29, 1.82) is 0 Å². The van der Waals surface area contributed by atoms with Crippen LogP contribution < -0.4 is 14.4 Å². The van der Waals surface area contributed by atoms with E-state index in [0.717, 1.165) is 28.3 Å². The van der Waals surface area contributed by atoms with Crippen LogP contribution in [0.15, 0.2) is 41.3 Å². The molecule has 0 unspecified atom stereocenters. The average molecular weight is 391 g/mol. The van der Waals surface area contributed by atoms with Crippen LogP contribution in [-0.4, -0.2) is 53.1 Å². The quantitative estimate of drug-likeness (QED) is 0.786. The van der Waals surface area contributed by atoms with E-state index in [0.29, 0.717) is 31.1 Å². The SMILES string of the molecule is COc1ccc(N2CCN(S(=O)(=O)c3ccc(C)c(C)c3)CC2)c(OC)c1. The number of methoxy groups -OCH3 is 2. The molecule has 0 bridgehead atoms. The molecule has 0 radical (unpaired) electrons. The highest BCUT2D eigenvalue weighted by Gasteiger charge is 2.29. The van der Waals surface area contributed by atoms with Gasteiger partial charge in [-0.1, -0.05) is 6.07 Å². The fourth-order valence-corrected chi connectivity index (χ4v) is 4.75. The molecule has 0 aromatic heterocycles. The minimum atomic E-state index is -3.48. The number of nitrogens with zero attached hydrogens (tertiary/aromatic N) is 2. The van der Waals surface area contributed by atoms with Crippen LogP contribution in [0.25, 0.3) is 0 Å². The Morgan fingerprint density at radius 1 is 0.852 bits per heavy atom. The van der Waals surface area contributed by atoms with E-state index in [1.807, 2.05) is 38.1 Å². The first-order valence-electron chi connectivity index (χ1n) is 8.91. The van der Waals surface area contributed by atoms with Crippen LogP contribution in [0.3, 0.4) is 0 Å². The third kappa shape index (κ3) is 3.89. The Balaban J connectivity index is 1.76. The number of hydrogen-bond acceptors (Lipinski definition) is 5. The normalized spacial score (nSPS) is 15.6. The summed E-state index contributed by atoms with van der Waals surface area (Å²) in [4.78, 5) is 2.51. The first kappa shape index (κ1) is 19.5. The van der Waals surface area contributed by atoms with Gasteiger partial charge in [-0.3, -0.25) is 0 Å². The number of piperazine rings is 1. The lowest BCUT2D eigenvalue weighted by Gasteiger charge is -2.36. The molecule has 1 aliphatic heterocycles. The molecule has 0 saturated carbocycles. The van der Waals surface area contributed by atoms with Gasteiger partial charge < -0.3 is 14.4 Å². The number of hydrogen-bond donors (Lipinski definition) is 0. The molecule has 6 nitrogen and oxygen atoms in total. The molecule has 146 valence electrons. The van der Waals surface area contributed by atoms with Crippen molar-refractivity contribution in [1.82, 2.24) is 4.31 Å². The van der Waals surface area contributed by atoms with Crippen LogP contribution in [-0.2, 0) is 10.0 Å². The van der Waals surface area contributed by atoms with Crippen molar-refractivity contribution in [3.63, 3.8) is 0 Å². The van der Waals surface area contributed by atoms with Crippen molar-refractivity contribution in [3.8, 4) is 11.5 Å². The highest BCUT2D eigenvalue weighted by molar-refractivity contribution is 7.89. The molecule has 0 amide bonds. The summed E-state index contributed by atoms with van der Waals surface area (Å²) in [7, 11) is -0.238. The molecule has 27 heavy (non-hydrogen) atoms. The summed E-state index contributed by atoms with van der Waals surface area (Å²) >= 11 is 0. The second-order valence-corrected chi connectivity index (χ2v) is 8.61. The molecule has 7 heteroatoms. The molecule has 0 spiro atoms. The molecule has 0 aliphatic carbocycles. The van der Waals surface area contributed by atoms with Gasteiger partial charge in [0.25, 0.3) is 0 Å². The largest absolute Gasteiger partial charge is 0.497 e. The predicted octanol–water partition coefficient (Wildman–Crippen LogP) is 2.83. The summed E-state index contributed by atoms with van der Waals surface area (Å²) in [6, 6.07) is 11.0. The lowest BCUT2D eigenvalue weighted by Crippen LogP contribution is -2.48. The Labute approximate surface area is 161 Å². The fourth-order valence-electron chi connectivity index (χ4n) is 3.24. The maximum atomic E-state index is 13.0. The van der Waals surface area contributed by atoms with Crippen LogP contribution in [0.1, 0.15) is 11.1 Å². The number of anilines is 1. The Morgan fingerprint density at radius 2 is 1.56 bits per heavy atom. The third-order valence-electron chi connectivity index (χ3n) is 5.08. The molecule has 0 atom stereocenters. The molecule has 2 aromatic carbocycles. The number of aryl methyl sites for hydroxylation is 2. The highest BCUT2D eigenvalue weighted by Crippen LogP contribution is 2.33. The van der Waals surface area contributed by atoms with Crippen molar-refractivity contribution >= 4 is 15.7 Å². The van der Waals surface area contributed by atoms with Crippen molar-refractivity contribution in [2.24, 2.45) is 0 Å². The summed E-state index contributed by atoms with van der Waals surface area (Å²) < 4.78 is 38.2. The molecule has 1 saturated heterocycles. The Bertz CT molecular complexity index is 920. The van der Waals surface area contributed by atoms with E-state index in [4.69, 9.17) is 9.47 Å². The predicted molar refractivity (Wildman–Crippen MR) is 106 cm³/mol. The van der Waals surface area contributed by atoms with Crippen LogP contribution in [0.2, 0.25) is 0 Å². The van der Waals surface area contributed by atoms with Crippen molar-refractivity contribution < 1.29 is 17.9 Å². The molecule has 1 aliphatic rings. The first-order chi connectivity index (χ1) is 12.9. The van der Waals surface area contributed by atoms with Gasteiger partial charge >= 0.3 is 0 Å². The molecular weight excluding hydrogens is 364 g/mol. The standard InChI is InChI=1S/C20H26N2O4S/c1-15-5-7-18(13-16(15)2)27(23,24)22-11-9-21(10-12-22)19-8-6-17(25-3)14-20(19)26-4/h5-8,13-14H,9-12H2,1-4H3. The van der Waals surface area contributed by atoms with Gasteiger partial charge in [0.05, 0.1) is 24.8 Å². The minimum absolute atomic E-state index is 0.362. The maximum absolute atomic E-state index is 13.0. The van der Waals surface area contributed by atoms with Gasteiger partial charge in [-0.15, -0.1) is 0 Å². The minimum Gasteiger partial charge on any atom is -0.497 e. The Hall–Kier alpha value is -2.25. The Morgan fingerprint density at radius 3 is 2.15 bits per heavy atom. The van der Waals surface area contributed by atoms with Gasteiger partial charge in [0.1, 0.15) is 11.5 Å². The maximum Gasteiger partial charge on any atom is 0.243 e. The third-order valence-corrected chi connectivity index (χ3v) is 6.98. The van der Waals surface area contributed by atoms with Gasteiger partial charge in [-0.25, -0.2) is 8.42 Å². The summed E-state index contributed by atoms with van der Waals surface area (Å²) in [5.41, 5.74) is 3.02. The van der Waals surface area contributed by atoms with E-state index < -0.39 is 10.0 Å². The van der Waals surface area contributed by atoms with E-state index >= 15 is 0 Å². The monoisotopic (exact) mass is 390 g/mol. The van der Waals surface area contributed by atoms with Crippen LogP contribution in [0.4, 0.5) is 5.69 Å². The number of sulfonamides is 1. The zero-order valence-corrected chi connectivity index (χ0v) is 17.0. The van der Waals surface area contributed by atoms with Crippen LogP contribution in [0.5, 0.6) is 11.5 Å². The van der Waals surface area contributed by atoms with E-state index in [2.05, 4.69) is 4.90 Å². The lowest BCUT2D eigenvalue weighted by atomic mass is 10.1. The highest BCUT2D eigenvalue weighted by atomic mass is 32.2. The van der Waals surface area contributed by atoms with Gasteiger partial charge in [0.2, 0.25) is 10.0 Å². The van der Waals surface area contributed by atoms with Crippen LogP contribution in [0, 0.1) is 13.8 Å². The van der Waals surface area contributed by atoms with Gasteiger partial charge in [0.15, 0.2) is 0 Å². The van der Waals surface area contributed by atoms with Gasteiger partial charge in [-0.05, 0) is 49.2 Å². The topological polar surface area (TPSA) is 59.1 Å². The molecule has 3 rings (SSSR count). The summed E-state index contributed by atoms with van der Waals surface area (Å²) in [5.74, 6) is 1.45. The molecular formula is C20H26N2O4S. The van der Waals surface area contributed by atoms with E-state index in [-0.39, 0.29) is 0 Å². The summed E-state index contributed by atoms with van der Waals surface area (Å²) in [5, 5.41) is 0. The zero-order valence-electron chi connectivity index (χ0n) is 16.2. The summed E-state index contributed by atoms with van der Waals surface area (Å²) in [6.07, 6.45) is 0. The molecule has 1 fully saturated rings. The number of benzene rings is 2. The fraction of sp³-hybridized carbons (Fsp3) is 0.400. The van der Waals surface area contributed by atoms with E-state index in [1.54, 1.807) is 30.7 Å². The second-order valence-electron chi connectivity index (χ2n) is 6.67. The Kier molecular flexibility index (Phi) is 5.62. The number of ether oxygens (including phenoxy) is 2. The molecule has 0 N–H and O–H groups in total. The second kappa shape index (κ2) is 7.78. The zero-order chi connectivity index (χ0) is 19.6. The van der Waals surface area contributed by atoms with E-state index in [1.165, 1.54) is 0 Å².